The van der Waals surface area contributed by atoms with Crippen molar-refractivity contribution >= 4 is 22.9 Å². The third kappa shape index (κ3) is 2.24. The Labute approximate surface area is 134 Å². The van der Waals surface area contributed by atoms with Gasteiger partial charge < -0.3 is 5.73 Å². The summed E-state index contributed by atoms with van der Waals surface area (Å²) in [6.07, 6.45) is 8.16. The lowest BCUT2D eigenvalue weighted by atomic mass is 9.85. The number of imidazole rings is 1. The Morgan fingerprint density at radius 3 is 2.68 bits per heavy atom. The number of halogens is 1. The van der Waals surface area contributed by atoms with E-state index in [9.17, 15) is 0 Å². The van der Waals surface area contributed by atoms with Crippen molar-refractivity contribution in [2.45, 2.75) is 31.6 Å². The van der Waals surface area contributed by atoms with E-state index in [1.807, 2.05) is 30.5 Å². The van der Waals surface area contributed by atoms with Gasteiger partial charge in [-0.15, -0.1) is 0 Å². The van der Waals surface area contributed by atoms with E-state index in [2.05, 4.69) is 9.38 Å². The van der Waals surface area contributed by atoms with Crippen LogP contribution in [0.15, 0.2) is 36.7 Å². The molecule has 1 fully saturated rings. The molecular formula is C17H17ClN4. The summed E-state index contributed by atoms with van der Waals surface area (Å²) in [5, 5.41) is 0.745. The molecule has 5 heteroatoms. The average molecular weight is 313 g/mol. The van der Waals surface area contributed by atoms with Gasteiger partial charge in [-0.1, -0.05) is 30.2 Å². The molecule has 1 saturated carbocycles. The molecule has 2 heterocycles. The second-order valence-electron chi connectivity index (χ2n) is 5.88. The molecule has 0 spiro atoms. The molecule has 0 aliphatic heterocycles. The topological polar surface area (TPSA) is 56.2 Å². The number of hydrogen-bond donors (Lipinski definition) is 1. The highest BCUT2D eigenvalue weighted by atomic mass is 35.5. The Hall–Kier alpha value is -2.07. The Kier molecular flexibility index (Phi) is 3.26. The summed E-state index contributed by atoms with van der Waals surface area (Å²) in [4.78, 5) is 9.14. The SMILES string of the molecule is Nc1nccn2c(C3CCC3)nc(Cc3ccc(Cl)cc3)c12. The summed E-state index contributed by atoms with van der Waals surface area (Å²) in [5.41, 5.74) is 9.23. The number of fused-ring (bicyclic) bond motifs is 1. The summed E-state index contributed by atoms with van der Waals surface area (Å²) in [5.74, 6) is 2.22. The normalized spacial score (nSPS) is 15.1. The molecule has 112 valence electrons. The smallest absolute Gasteiger partial charge is 0.149 e. The van der Waals surface area contributed by atoms with E-state index in [4.69, 9.17) is 22.3 Å². The molecule has 0 bridgehead atoms. The Morgan fingerprint density at radius 2 is 2.00 bits per heavy atom. The summed E-state index contributed by atoms with van der Waals surface area (Å²) in [7, 11) is 0. The van der Waals surface area contributed by atoms with Gasteiger partial charge >= 0.3 is 0 Å². The minimum Gasteiger partial charge on any atom is -0.382 e. The molecule has 4 nitrogen and oxygen atoms in total. The van der Waals surface area contributed by atoms with Crippen molar-refractivity contribution in [3.8, 4) is 0 Å². The highest BCUT2D eigenvalue weighted by molar-refractivity contribution is 6.30. The second-order valence-corrected chi connectivity index (χ2v) is 6.32. The van der Waals surface area contributed by atoms with Crippen LogP contribution in [0.1, 0.15) is 42.3 Å². The molecule has 0 radical (unpaired) electrons. The molecule has 0 unspecified atom stereocenters. The van der Waals surface area contributed by atoms with E-state index in [-0.39, 0.29) is 0 Å². The first-order valence-electron chi connectivity index (χ1n) is 7.58. The molecule has 1 aliphatic rings. The van der Waals surface area contributed by atoms with Crippen LogP contribution >= 0.6 is 11.6 Å². The van der Waals surface area contributed by atoms with Crippen LogP contribution in [0.25, 0.3) is 5.52 Å². The van der Waals surface area contributed by atoms with Crippen molar-refractivity contribution < 1.29 is 0 Å². The minimum absolute atomic E-state index is 0.546. The van der Waals surface area contributed by atoms with E-state index in [1.54, 1.807) is 6.20 Å². The summed E-state index contributed by atoms with van der Waals surface area (Å²) in [6, 6.07) is 7.87. The number of rotatable bonds is 3. The van der Waals surface area contributed by atoms with Crippen LogP contribution in [-0.4, -0.2) is 14.4 Å². The summed E-state index contributed by atoms with van der Waals surface area (Å²) < 4.78 is 2.12. The molecule has 3 aromatic rings. The maximum Gasteiger partial charge on any atom is 0.149 e. The van der Waals surface area contributed by atoms with Crippen molar-refractivity contribution in [3.05, 3.63) is 58.8 Å². The maximum atomic E-state index is 6.11. The van der Waals surface area contributed by atoms with E-state index in [0.29, 0.717) is 11.7 Å². The summed E-state index contributed by atoms with van der Waals surface area (Å²) >= 11 is 5.96. The number of hydrogen-bond acceptors (Lipinski definition) is 3. The Morgan fingerprint density at radius 1 is 1.23 bits per heavy atom. The highest BCUT2D eigenvalue weighted by Crippen LogP contribution is 2.37. The predicted octanol–water partition coefficient (Wildman–Crippen LogP) is 3.82. The molecular weight excluding hydrogens is 296 g/mol. The molecule has 22 heavy (non-hydrogen) atoms. The van der Waals surface area contributed by atoms with Crippen molar-refractivity contribution in [2.75, 3.05) is 5.73 Å². The van der Waals surface area contributed by atoms with Gasteiger partial charge in [0.2, 0.25) is 0 Å². The monoisotopic (exact) mass is 312 g/mol. The van der Waals surface area contributed by atoms with Crippen molar-refractivity contribution in [1.82, 2.24) is 14.4 Å². The van der Waals surface area contributed by atoms with Crippen LogP contribution in [0.3, 0.4) is 0 Å². The van der Waals surface area contributed by atoms with Crippen LogP contribution < -0.4 is 5.73 Å². The van der Waals surface area contributed by atoms with Gasteiger partial charge in [0.15, 0.2) is 0 Å². The predicted molar refractivity (Wildman–Crippen MR) is 88.2 cm³/mol. The van der Waals surface area contributed by atoms with Crippen LogP contribution in [0.2, 0.25) is 5.02 Å². The Balaban J connectivity index is 1.80. The van der Waals surface area contributed by atoms with Gasteiger partial charge in [-0.05, 0) is 30.5 Å². The van der Waals surface area contributed by atoms with Crippen molar-refractivity contribution in [2.24, 2.45) is 0 Å². The van der Waals surface area contributed by atoms with E-state index < -0.39 is 0 Å². The minimum atomic E-state index is 0.546. The zero-order valence-electron chi connectivity index (χ0n) is 12.2. The van der Waals surface area contributed by atoms with E-state index >= 15 is 0 Å². The first-order valence-corrected chi connectivity index (χ1v) is 7.96. The largest absolute Gasteiger partial charge is 0.382 e. The third-order valence-corrected chi connectivity index (χ3v) is 4.69. The average Bonchev–Trinajstić information content (AvgIpc) is 2.80. The lowest BCUT2D eigenvalue weighted by molar-refractivity contribution is 0.400. The fourth-order valence-corrected chi connectivity index (χ4v) is 3.16. The van der Waals surface area contributed by atoms with Crippen molar-refractivity contribution in [3.63, 3.8) is 0 Å². The molecule has 0 saturated heterocycles. The van der Waals surface area contributed by atoms with Crippen LogP contribution in [0.4, 0.5) is 5.82 Å². The zero-order chi connectivity index (χ0) is 15.1. The molecule has 0 atom stereocenters. The molecule has 0 amide bonds. The zero-order valence-corrected chi connectivity index (χ0v) is 12.9. The third-order valence-electron chi connectivity index (χ3n) is 4.44. The number of benzene rings is 1. The number of anilines is 1. The first-order chi connectivity index (χ1) is 10.7. The quantitative estimate of drug-likeness (QED) is 0.799. The molecule has 4 rings (SSSR count). The lowest BCUT2D eigenvalue weighted by Gasteiger charge is -2.23. The van der Waals surface area contributed by atoms with Crippen LogP contribution in [-0.2, 0) is 6.42 Å². The number of nitrogen functional groups attached to an aromatic ring is 1. The molecule has 1 aliphatic carbocycles. The van der Waals surface area contributed by atoms with Gasteiger partial charge in [-0.2, -0.15) is 0 Å². The van der Waals surface area contributed by atoms with Crippen molar-refractivity contribution in [1.29, 1.82) is 0 Å². The van der Waals surface area contributed by atoms with Gasteiger partial charge in [0, 0.05) is 29.8 Å². The number of aromatic nitrogens is 3. The van der Waals surface area contributed by atoms with Crippen LogP contribution in [0.5, 0.6) is 0 Å². The first kappa shape index (κ1) is 13.6. The van der Waals surface area contributed by atoms with E-state index in [0.717, 1.165) is 28.5 Å². The van der Waals surface area contributed by atoms with E-state index in [1.165, 1.54) is 24.8 Å². The second kappa shape index (κ2) is 5.29. The molecule has 2 N–H and O–H groups in total. The standard InChI is InChI=1S/C17H17ClN4/c18-13-6-4-11(5-7-13)10-14-15-16(19)20-8-9-22(15)17(21-14)12-2-1-3-12/h4-9,12H,1-3,10H2,(H2,19,20). The maximum absolute atomic E-state index is 6.11. The molecule has 1 aromatic carbocycles. The fraction of sp³-hybridized carbons (Fsp3) is 0.294. The van der Waals surface area contributed by atoms with Gasteiger partial charge in [-0.25, -0.2) is 9.97 Å². The van der Waals surface area contributed by atoms with Gasteiger partial charge in [0.1, 0.15) is 17.2 Å². The van der Waals surface area contributed by atoms with Gasteiger partial charge in [0.05, 0.1) is 5.69 Å². The number of nitrogens with zero attached hydrogens (tertiary/aromatic N) is 3. The lowest BCUT2D eigenvalue weighted by Crippen LogP contribution is -2.12. The highest BCUT2D eigenvalue weighted by Gasteiger charge is 2.26. The van der Waals surface area contributed by atoms with Crippen LogP contribution in [0, 0.1) is 0 Å². The van der Waals surface area contributed by atoms with Gasteiger partial charge in [-0.3, -0.25) is 4.40 Å². The molecule has 2 aromatic heterocycles. The van der Waals surface area contributed by atoms with Gasteiger partial charge in [0.25, 0.3) is 0 Å². The Bertz CT molecular complexity index is 819. The summed E-state index contributed by atoms with van der Waals surface area (Å²) in [6.45, 7) is 0. The fourth-order valence-electron chi connectivity index (χ4n) is 3.04. The number of nitrogens with two attached hydrogens (primary N) is 1.